The first kappa shape index (κ1) is 20.3. The fourth-order valence-corrected chi connectivity index (χ4v) is 2.85. The van der Waals surface area contributed by atoms with Crippen LogP contribution in [0.4, 0.5) is 17.5 Å². The summed E-state index contributed by atoms with van der Waals surface area (Å²) in [6, 6.07) is 10.7. The minimum absolute atomic E-state index is 0.0201. The molecular formula is C20H21Cl2N5O. The van der Waals surface area contributed by atoms with Crippen LogP contribution in [-0.2, 0) is 0 Å². The van der Waals surface area contributed by atoms with Crippen LogP contribution in [0.5, 0.6) is 0 Å². The van der Waals surface area contributed by atoms with Crippen molar-refractivity contribution in [3.05, 3.63) is 58.8 Å². The lowest BCUT2D eigenvalue weighted by Gasteiger charge is -2.20. The van der Waals surface area contributed by atoms with Crippen molar-refractivity contribution in [3.63, 3.8) is 0 Å². The zero-order valence-corrected chi connectivity index (χ0v) is 17.0. The molecule has 2 aromatic heterocycles. The van der Waals surface area contributed by atoms with Gasteiger partial charge in [0.25, 0.3) is 0 Å². The molecule has 0 saturated heterocycles. The molecule has 3 N–H and O–H groups in total. The van der Waals surface area contributed by atoms with Crippen LogP contribution in [0.25, 0.3) is 11.3 Å². The minimum Gasteiger partial charge on any atom is -0.394 e. The maximum absolute atomic E-state index is 9.63. The van der Waals surface area contributed by atoms with Gasteiger partial charge in [-0.15, -0.1) is 0 Å². The molecule has 28 heavy (non-hydrogen) atoms. The molecule has 2 heterocycles. The number of nitrogens with one attached hydrogen (secondary N) is 2. The van der Waals surface area contributed by atoms with Gasteiger partial charge in [0.15, 0.2) is 0 Å². The number of hydrogen-bond acceptors (Lipinski definition) is 6. The van der Waals surface area contributed by atoms with E-state index in [0.717, 1.165) is 11.3 Å². The molecule has 0 amide bonds. The van der Waals surface area contributed by atoms with Gasteiger partial charge in [-0.25, -0.2) is 4.98 Å². The van der Waals surface area contributed by atoms with Crippen molar-refractivity contribution in [2.24, 2.45) is 5.92 Å². The largest absolute Gasteiger partial charge is 0.394 e. The summed E-state index contributed by atoms with van der Waals surface area (Å²) in [5, 5.41) is 17.0. The highest BCUT2D eigenvalue weighted by Gasteiger charge is 2.15. The normalized spacial score (nSPS) is 12.1. The van der Waals surface area contributed by atoms with Gasteiger partial charge < -0.3 is 15.7 Å². The van der Waals surface area contributed by atoms with Crippen molar-refractivity contribution in [3.8, 4) is 11.3 Å². The van der Waals surface area contributed by atoms with E-state index in [0.29, 0.717) is 27.5 Å². The number of aliphatic hydroxyl groups is 1. The molecule has 1 aromatic carbocycles. The highest BCUT2D eigenvalue weighted by atomic mass is 35.5. The number of aromatic nitrogens is 3. The third-order valence-corrected chi connectivity index (χ3v) is 4.93. The first-order valence-electron chi connectivity index (χ1n) is 8.85. The van der Waals surface area contributed by atoms with Crippen LogP contribution in [0, 0.1) is 5.92 Å². The van der Waals surface area contributed by atoms with Crippen LogP contribution >= 0.6 is 23.2 Å². The molecule has 0 radical (unpaired) electrons. The van der Waals surface area contributed by atoms with E-state index in [2.05, 4.69) is 25.6 Å². The third-order valence-electron chi connectivity index (χ3n) is 4.19. The highest BCUT2D eigenvalue weighted by molar-refractivity contribution is 6.42. The molecule has 0 saturated carbocycles. The summed E-state index contributed by atoms with van der Waals surface area (Å²) in [7, 11) is 0. The standard InChI is InChI=1S/C20H21Cl2N5O/c1-12(2)18(11-28)26-20-25-17(13-4-3-7-23-10-13)9-19(27-20)24-14-5-6-15(21)16(22)8-14/h3-10,12,18,28H,11H2,1-2H3,(H2,24,25,26,27)/t18-/m0/s1. The van der Waals surface area contributed by atoms with Gasteiger partial charge in [-0.2, -0.15) is 4.98 Å². The molecule has 3 rings (SSSR count). The fourth-order valence-electron chi connectivity index (χ4n) is 2.55. The molecule has 8 heteroatoms. The van der Waals surface area contributed by atoms with Crippen molar-refractivity contribution in [2.75, 3.05) is 17.2 Å². The minimum atomic E-state index is -0.165. The second kappa shape index (κ2) is 9.19. The second-order valence-corrected chi connectivity index (χ2v) is 7.45. The topological polar surface area (TPSA) is 83.0 Å². The Morgan fingerprint density at radius 2 is 1.89 bits per heavy atom. The molecule has 6 nitrogen and oxygen atoms in total. The number of anilines is 3. The summed E-state index contributed by atoms with van der Waals surface area (Å²) in [6.07, 6.45) is 3.44. The van der Waals surface area contributed by atoms with Crippen molar-refractivity contribution < 1.29 is 5.11 Å². The van der Waals surface area contributed by atoms with E-state index in [1.807, 2.05) is 38.1 Å². The Balaban J connectivity index is 1.97. The lowest BCUT2D eigenvalue weighted by atomic mass is 10.1. The molecule has 3 aromatic rings. The molecule has 0 aliphatic rings. The SMILES string of the molecule is CC(C)[C@H](CO)Nc1nc(Nc2ccc(Cl)c(Cl)c2)cc(-c2cccnc2)n1. The number of hydrogen-bond donors (Lipinski definition) is 3. The van der Waals surface area contributed by atoms with E-state index in [9.17, 15) is 5.11 Å². The lowest BCUT2D eigenvalue weighted by Crippen LogP contribution is -2.30. The summed E-state index contributed by atoms with van der Waals surface area (Å²) >= 11 is 12.1. The van der Waals surface area contributed by atoms with Gasteiger partial charge in [-0.1, -0.05) is 37.0 Å². The monoisotopic (exact) mass is 417 g/mol. The van der Waals surface area contributed by atoms with Crippen molar-refractivity contribution in [1.29, 1.82) is 0 Å². The molecular weight excluding hydrogens is 397 g/mol. The van der Waals surface area contributed by atoms with Crippen LogP contribution in [0.2, 0.25) is 10.0 Å². The number of aliphatic hydroxyl groups excluding tert-OH is 1. The first-order chi connectivity index (χ1) is 13.5. The predicted octanol–water partition coefficient (Wildman–Crippen LogP) is 5.02. The zero-order valence-electron chi connectivity index (χ0n) is 15.5. The van der Waals surface area contributed by atoms with Gasteiger partial charge in [0.2, 0.25) is 5.95 Å². The Morgan fingerprint density at radius 1 is 1.07 bits per heavy atom. The molecule has 0 bridgehead atoms. The van der Waals surface area contributed by atoms with Crippen LogP contribution in [0.3, 0.4) is 0 Å². The van der Waals surface area contributed by atoms with Crippen LogP contribution in [0.1, 0.15) is 13.8 Å². The fraction of sp³-hybridized carbons (Fsp3) is 0.250. The van der Waals surface area contributed by atoms with E-state index in [1.54, 1.807) is 24.5 Å². The average molecular weight is 418 g/mol. The van der Waals surface area contributed by atoms with Crippen LogP contribution < -0.4 is 10.6 Å². The van der Waals surface area contributed by atoms with Crippen molar-refractivity contribution >= 4 is 40.7 Å². The molecule has 146 valence electrons. The van der Waals surface area contributed by atoms with Crippen molar-refractivity contribution in [1.82, 2.24) is 15.0 Å². The Morgan fingerprint density at radius 3 is 2.54 bits per heavy atom. The van der Waals surface area contributed by atoms with Gasteiger partial charge in [-0.3, -0.25) is 4.98 Å². The summed E-state index contributed by atoms with van der Waals surface area (Å²) in [5.41, 5.74) is 2.31. The summed E-state index contributed by atoms with van der Waals surface area (Å²) in [5.74, 6) is 1.20. The maximum atomic E-state index is 9.63. The van der Waals surface area contributed by atoms with Gasteiger partial charge in [0, 0.05) is 29.7 Å². The Kier molecular flexibility index (Phi) is 6.67. The maximum Gasteiger partial charge on any atom is 0.225 e. The highest BCUT2D eigenvalue weighted by Crippen LogP contribution is 2.28. The van der Waals surface area contributed by atoms with E-state index in [1.165, 1.54) is 0 Å². The predicted molar refractivity (Wildman–Crippen MR) is 114 cm³/mol. The smallest absolute Gasteiger partial charge is 0.225 e. The first-order valence-corrected chi connectivity index (χ1v) is 9.61. The zero-order chi connectivity index (χ0) is 20.1. The van der Waals surface area contributed by atoms with E-state index >= 15 is 0 Å². The second-order valence-electron chi connectivity index (χ2n) is 6.64. The van der Waals surface area contributed by atoms with E-state index in [4.69, 9.17) is 23.2 Å². The van der Waals surface area contributed by atoms with E-state index < -0.39 is 0 Å². The van der Waals surface area contributed by atoms with Gasteiger partial charge >= 0.3 is 0 Å². The molecule has 0 aliphatic heterocycles. The summed E-state index contributed by atoms with van der Waals surface area (Å²) in [4.78, 5) is 13.3. The quantitative estimate of drug-likeness (QED) is 0.500. The van der Waals surface area contributed by atoms with Gasteiger partial charge in [0.1, 0.15) is 5.82 Å². The molecule has 0 aliphatic carbocycles. The lowest BCUT2D eigenvalue weighted by molar-refractivity contribution is 0.248. The molecule has 0 unspecified atom stereocenters. The molecule has 0 spiro atoms. The van der Waals surface area contributed by atoms with Crippen molar-refractivity contribution in [2.45, 2.75) is 19.9 Å². The number of pyridine rings is 1. The number of benzene rings is 1. The summed E-state index contributed by atoms with van der Waals surface area (Å²) < 4.78 is 0. The van der Waals surface area contributed by atoms with Gasteiger partial charge in [0.05, 0.1) is 28.4 Å². The number of rotatable bonds is 7. The number of halogens is 2. The molecule has 0 fully saturated rings. The Hall–Kier alpha value is -2.41. The van der Waals surface area contributed by atoms with Gasteiger partial charge in [-0.05, 0) is 36.2 Å². The Labute approximate surface area is 174 Å². The van der Waals surface area contributed by atoms with E-state index in [-0.39, 0.29) is 18.6 Å². The third kappa shape index (κ3) is 5.10. The molecule has 1 atom stereocenters. The number of nitrogens with zero attached hydrogens (tertiary/aromatic N) is 3. The Bertz CT molecular complexity index is 937. The average Bonchev–Trinajstić information content (AvgIpc) is 2.69. The van der Waals surface area contributed by atoms with Crippen LogP contribution in [-0.4, -0.2) is 32.7 Å². The van der Waals surface area contributed by atoms with Crippen LogP contribution in [0.15, 0.2) is 48.8 Å². The summed E-state index contributed by atoms with van der Waals surface area (Å²) in [6.45, 7) is 4.02.